The van der Waals surface area contributed by atoms with Crippen LogP contribution in [0.3, 0.4) is 0 Å². The third-order valence-electron chi connectivity index (χ3n) is 2.30. The van der Waals surface area contributed by atoms with Crippen LogP contribution >= 0.6 is 34.8 Å². The first kappa shape index (κ1) is 10.4. The summed E-state index contributed by atoms with van der Waals surface area (Å²) in [5, 5.41) is 1.29. The first-order valence-electron chi connectivity index (χ1n) is 4.12. The zero-order valence-corrected chi connectivity index (χ0v) is 9.62. The molecular formula is C9H8Cl3NO. The SMILES string of the molecule is CC1Oc2c(Cl)cc(Cl)c(Cl)c2C1N. The molecule has 1 aliphatic rings. The van der Waals surface area contributed by atoms with Gasteiger partial charge in [0.15, 0.2) is 0 Å². The molecule has 2 unspecified atom stereocenters. The normalized spacial score (nSPS) is 24.6. The van der Waals surface area contributed by atoms with Gasteiger partial charge < -0.3 is 10.5 Å². The summed E-state index contributed by atoms with van der Waals surface area (Å²) in [5.41, 5.74) is 6.61. The highest BCUT2D eigenvalue weighted by molar-refractivity contribution is 6.44. The zero-order chi connectivity index (χ0) is 10.5. The fraction of sp³-hybridized carbons (Fsp3) is 0.333. The number of hydrogen-bond donors (Lipinski definition) is 1. The average Bonchev–Trinajstić information content (AvgIpc) is 2.41. The van der Waals surface area contributed by atoms with Crippen LogP contribution in [-0.2, 0) is 0 Å². The molecule has 1 aromatic rings. The molecule has 0 radical (unpaired) electrons. The summed E-state index contributed by atoms with van der Waals surface area (Å²) in [6, 6.07) is 1.29. The van der Waals surface area contributed by atoms with Crippen LogP contribution in [-0.4, -0.2) is 6.10 Å². The summed E-state index contributed by atoms with van der Waals surface area (Å²) >= 11 is 17.9. The van der Waals surface area contributed by atoms with Gasteiger partial charge >= 0.3 is 0 Å². The summed E-state index contributed by atoms with van der Waals surface area (Å²) in [4.78, 5) is 0. The quantitative estimate of drug-likeness (QED) is 0.718. The maximum absolute atomic E-state index is 6.02. The smallest absolute Gasteiger partial charge is 0.144 e. The molecular weight excluding hydrogens is 244 g/mol. The first-order valence-corrected chi connectivity index (χ1v) is 5.25. The lowest BCUT2D eigenvalue weighted by Crippen LogP contribution is -2.21. The molecule has 0 amide bonds. The fourth-order valence-corrected chi connectivity index (χ4v) is 2.30. The van der Waals surface area contributed by atoms with Crippen molar-refractivity contribution in [2.75, 3.05) is 0 Å². The zero-order valence-electron chi connectivity index (χ0n) is 7.35. The van der Waals surface area contributed by atoms with Gasteiger partial charge in [-0.3, -0.25) is 0 Å². The number of nitrogens with two attached hydrogens (primary N) is 1. The number of hydrogen-bond acceptors (Lipinski definition) is 2. The third kappa shape index (κ3) is 1.38. The highest BCUT2D eigenvalue weighted by Crippen LogP contribution is 2.47. The standard InChI is InChI=1S/C9H8Cl3NO/c1-3-8(13)6-7(12)4(10)2-5(11)9(6)14-3/h2-3,8H,13H2,1H3. The van der Waals surface area contributed by atoms with Crippen LogP contribution < -0.4 is 10.5 Å². The Labute approximate surface area is 96.9 Å². The predicted molar refractivity (Wildman–Crippen MR) is 58.5 cm³/mol. The highest BCUT2D eigenvalue weighted by atomic mass is 35.5. The van der Waals surface area contributed by atoms with Gasteiger partial charge in [0.05, 0.1) is 21.1 Å². The number of fused-ring (bicyclic) bond motifs is 1. The number of rotatable bonds is 0. The molecule has 0 saturated heterocycles. The lowest BCUT2D eigenvalue weighted by atomic mass is 10.1. The van der Waals surface area contributed by atoms with Crippen molar-refractivity contribution in [3.63, 3.8) is 0 Å². The molecule has 0 bridgehead atoms. The monoisotopic (exact) mass is 251 g/mol. The summed E-state index contributed by atoms with van der Waals surface area (Å²) in [5.74, 6) is 0.557. The van der Waals surface area contributed by atoms with E-state index in [2.05, 4.69) is 0 Å². The molecule has 0 fully saturated rings. The van der Waals surface area contributed by atoms with Crippen molar-refractivity contribution >= 4 is 34.8 Å². The minimum atomic E-state index is -0.270. The van der Waals surface area contributed by atoms with E-state index in [1.807, 2.05) is 6.92 Å². The van der Waals surface area contributed by atoms with E-state index in [0.717, 1.165) is 0 Å². The predicted octanol–water partition coefficient (Wildman–Crippen LogP) is 3.43. The molecule has 1 aliphatic heterocycles. The van der Waals surface area contributed by atoms with E-state index < -0.39 is 0 Å². The molecule has 14 heavy (non-hydrogen) atoms. The lowest BCUT2D eigenvalue weighted by molar-refractivity contribution is 0.228. The van der Waals surface area contributed by atoms with Gasteiger partial charge in [-0.2, -0.15) is 0 Å². The van der Waals surface area contributed by atoms with Gasteiger partial charge in [0.25, 0.3) is 0 Å². The number of benzene rings is 1. The molecule has 1 aromatic carbocycles. The molecule has 2 nitrogen and oxygen atoms in total. The molecule has 0 saturated carbocycles. The van der Waals surface area contributed by atoms with Crippen molar-refractivity contribution in [1.29, 1.82) is 0 Å². The van der Waals surface area contributed by atoms with Crippen LogP contribution in [0.4, 0.5) is 0 Å². The highest BCUT2D eigenvalue weighted by Gasteiger charge is 2.33. The molecule has 0 aromatic heterocycles. The largest absolute Gasteiger partial charge is 0.487 e. The summed E-state index contributed by atoms with van der Waals surface area (Å²) in [7, 11) is 0. The molecule has 2 rings (SSSR count). The van der Waals surface area contributed by atoms with E-state index in [0.29, 0.717) is 26.4 Å². The minimum absolute atomic E-state index is 0.126. The molecule has 0 aliphatic carbocycles. The van der Waals surface area contributed by atoms with Crippen LogP contribution in [0, 0.1) is 0 Å². The van der Waals surface area contributed by atoms with E-state index in [-0.39, 0.29) is 12.1 Å². The first-order chi connectivity index (χ1) is 6.52. The molecule has 2 N–H and O–H groups in total. The van der Waals surface area contributed by atoms with Gasteiger partial charge in [0.2, 0.25) is 0 Å². The van der Waals surface area contributed by atoms with Crippen molar-refractivity contribution in [2.24, 2.45) is 5.73 Å². The Morgan fingerprint density at radius 1 is 1.29 bits per heavy atom. The van der Waals surface area contributed by atoms with Crippen LogP contribution in [0.15, 0.2) is 6.07 Å². The Hall–Kier alpha value is -0.150. The van der Waals surface area contributed by atoms with E-state index in [4.69, 9.17) is 45.3 Å². The van der Waals surface area contributed by atoms with E-state index in [9.17, 15) is 0 Å². The Morgan fingerprint density at radius 3 is 2.57 bits per heavy atom. The van der Waals surface area contributed by atoms with Crippen LogP contribution in [0.2, 0.25) is 15.1 Å². The van der Waals surface area contributed by atoms with Gasteiger partial charge in [-0.1, -0.05) is 34.8 Å². The van der Waals surface area contributed by atoms with Crippen molar-refractivity contribution in [3.05, 3.63) is 26.7 Å². The van der Waals surface area contributed by atoms with E-state index >= 15 is 0 Å². The second-order valence-electron chi connectivity index (χ2n) is 3.25. The molecule has 5 heteroatoms. The molecule has 1 heterocycles. The number of ether oxygens (including phenoxy) is 1. The maximum atomic E-state index is 6.02. The Balaban J connectivity index is 2.67. The van der Waals surface area contributed by atoms with Gasteiger partial charge in [-0.25, -0.2) is 0 Å². The topological polar surface area (TPSA) is 35.2 Å². The second kappa shape index (κ2) is 3.46. The summed E-state index contributed by atoms with van der Waals surface area (Å²) in [6.45, 7) is 1.87. The summed E-state index contributed by atoms with van der Waals surface area (Å²) in [6.07, 6.45) is -0.126. The van der Waals surface area contributed by atoms with Crippen molar-refractivity contribution < 1.29 is 4.74 Å². The van der Waals surface area contributed by atoms with Gasteiger partial charge in [-0.15, -0.1) is 0 Å². The van der Waals surface area contributed by atoms with Crippen LogP contribution in [0.5, 0.6) is 5.75 Å². The Kier molecular flexibility index (Phi) is 2.56. The molecule has 0 spiro atoms. The van der Waals surface area contributed by atoms with Gasteiger partial charge in [0.1, 0.15) is 11.9 Å². The number of halogens is 3. The van der Waals surface area contributed by atoms with Crippen molar-refractivity contribution in [1.82, 2.24) is 0 Å². The Morgan fingerprint density at radius 2 is 1.93 bits per heavy atom. The van der Waals surface area contributed by atoms with E-state index in [1.165, 1.54) is 0 Å². The van der Waals surface area contributed by atoms with Crippen LogP contribution in [0.1, 0.15) is 18.5 Å². The average molecular weight is 253 g/mol. The maximum Gasteiger partial charge on any atom is 0.144 e. The van der Waals surface area contributed by atoms with Gasteiger partial charge in [0, 0.05) is 5.56 Å². The van der Waals surface area contributed by atoms with Gasteiger partial charge in [-0.05, 0) is 13.0 Å². The Bertz CT molecular complexity index is 394. The lowest BCUT2D eigenvalue weighted by Gasteiger charge is -2.08. The summed E-state index contributed by atoms with van der Waals surface area (Å²) < 4.78 is 5.49. The third-order valence-corrected chi connectivity index (χ3v) is 3.39. The minimum Gasteiger partial charge on any atom is -0.487 e. The van der Waals surface area contributed by atoms with Crippen molar-refractivity contribution in [3.8, 4) is 5.75 Å². The van der Waals surface area contributed by atoms with Crippen molar-refractivity contribution in [2.45, 2.75) is 19.1 Å². The molecule has 76 valence electrons. The van der Waals surface area contributed by atoms with Crippen LogP contribution in [0.25, 0.3) is 0 Å². The van der Waals surface area contributed by atoms with E-state index in [1.54, 1.807) is 6.07 Å². The second-order valence-corrected chi connectivity index (χ2v) is 4.44. The fourth-order valence-electron chi connectivity index (χ4n) is 1.51. The molecule has 2 atom stereocenters.